The normalized spacial score (nSPS) is 13.8. The molecule has 1 atom stereocenters. The van der Waals surface area contributed by atoms with Crippen LogP contribution in [-0.2, 0) is 20.7 Å². The topological polar surface area (TPSA) is 63.6 Å². The summed E-state index contributed by atoms with van der Waals surface area (Å²) in [6, 6.07) is 6.84. The van der Waals surface area contributed by atoms with E-state index in [4.69, 9.17) is 11.6 Å². The fourth-order valence-electron chi connectivity index (χ4n) is 1.09. The first kappa shape index (κ1) is 12.4. The molecule has 0 aromatic heterocycles. The molecular weight excluding hydrogens is 240 g/mol. The van der Waals surface area contributed by atoms with Crippen LogP contribution in [0.4, 0.5) is 0 Å². The monoisotopic (exact) mass is 250 g/mol. The minimum atomic E-state index is -3.65. The summed E-state index contributed by atoms with van der Waals surface area (Å²) in [4.78, 5) is 0. The molecule has 1 aromatic carbocycles. The lowest BCUT2D eigenvalue weighted by Crippen LogP contribution is -2.19. The zero-order valence-corrected chi connectivity index (χ0v) is 9.62. The van der Waals surface area contributed by atoms with Crippen molar-refractivity contribution in [1.29, 1.82) is 0 Å². The Labute approximate surface area is 93.6 Å². The van der Waals surface area contributed by atoms with Crippen molar-refractivity contribution < 1.29 is 17.7 Å². The van der Waals surface area contributed by atoms with E-state index in [1.165, 1.54) is 0 Å². The lowest BCUT2D eigenvalue weighted by atomic mass is 10.1. The largest absolute Gasteiger partial charge is 0.367 e. The van der Waals surface area contributed by atoms with E-state index in [1.54, 1.807) is 24.3 Å². The molecule has 0 fully saturated rings. The zero-order chi connectivity index (χ0) is 11.5. The molecule has 0 bridgehead atoms. The van der Waals surface area contributed by atoms with Crippen LogP contribution in [0.3, 0.4) is 0 Å². The lowest BCUT2D eigenvalue weighted by molar-refractivity contribution is -0.00956. The van der Waals surface area contributed by atoms with E-state index in [-0.39, 0.29) is 6.42 Å². The van der Waals surface area contributed by atoms with E-state index in [9.17, 15) is 13.5 Å². The summed E-state index contributed by atoms with van der Waals surface area (Å²) in [5, 5.41) is 9.77. The average Bonchev–Trinajstić information content (AvgIpc) is 2.05. The Balaban J connectivity index is 2.67. The summed E-state index contributed by atoms with van der Waals surface area (Å²) in [5.74, 6) is 0. The molecule has 0 spiro atoms. The average molecular weight is 251 g/mol. The van der Waals surface area contributed by atoms with Gasteiger partial charge >= 0.3 is 0 Å². The molecule has 4 nitrogen and oxygen atoms in total. The molecule has 0 saturated heterocycles. The van der Waals surface area contributed by atoms with Crippen LogP contribution in [-0.4, -0.2) is 26.1 Å². The lowest BCUT2D eigenvalue weighted by Gasteiger charge is -2.10. The van der Waals surface area contributed by atoms with Crippen molar-refractivity contribution in [3.8, 4) is 0 Å². The van der Waals surface area contributed by atoms with Crippen LogP contribution in [0.2, 0.25) is 5.02 Å². The number of aliphatic hydroxyl groups is 1. The van der Waals surface area contributed by atoms with Gasteiger partial charge in [0.15, 0.2) is 6.29 Å². The van der Waals surface area contributed by atoms with Gasteiger partial charge in [-0.15, -0.1) is 0 Å². The third kappa shape index (κ3) is 4.61. The van der Waals surface area contributed by atoms with E-state index < -0.39 is 16.4 Å². The van der Waals surface area contributed by atoms with Crippen molar-refractivity contribution in [1.82, 2.24) is 0 Å². The van der Waals surface area contributed by atoms with E-state index in [1.807, 2.05) is 0 Å². The highest BCUT2D eigenvalue weighted by Crippen LogP contribution is 2.17. The van der Waals surface area contributed by atoms with Gasteiger partial charge in [0.2, 0.25) is 0 Å². The minimum Gasteiger partial charge on any atom is -0.367 e. The van der Waals surface area contributed by atoms with Gasteiger partial charge in [0.05, 0.1) is 6.26 Å². The fraction of sp³-hybridized carbons (Fsp3) is 0.333. The van der Waals surface area contributed by atoms with Gasteiger partial charge in [0, 0.05) is 11.4 Å². The van der Waals surface area contributed by atoms with Gasteiger partial charge in [0.1, 0.15) is 0 Å². The molecule has 84 valence electrons. The summed E-state index contributed by atoms with van der Waals surface area (Å²) in [7, 11) is -3.65. The van der Waals surface area contributed by atoms with Gasteiger partial charge in [-0.25, -0.2) is 4.18 Å². The maximum absolute atomic E-state index is 10.7. The van der Waals surface area contributed by atoms with Crippen LogP contribution in [0, 0.1) is 0 Å². The Morgan fingerprint density at radius 3 is 2.60 bits per heavy atom. The number of hydrogen-bond acceptors (Lipinski definition) is 4. The minimum absolute atomic E-state index is 0.0345. The predicted octanol–water partition coefficient (Wildman–Crippen LogP) is 1.18. The maximum Gasteiger partial charge on any atom is 0.266 e. The Kier molecular flexibility index (Phi) is 4.10. The van der Waals surface area contributed by atoms with Crippen LogP contribution in [0.25, 0.3) is 0 Å². The second kappa shape index (κ2) is 4.94. The first-order valence-corrected chi connectivity index (χ1v) is 6.37. The summed E-state index contributed by atoms with van der Waals surface area (Å²) in [5.41, 5.74) is 0.635. The van der Waals surface area contributed by atoms with Crippen LogP contribution < -0.4 is 0 Å². The second-order valence-electron chi connectivity index (χ2n) is 3.05. The Hall–Kier alpha value is -0.620. The summed E-state index contributed by atoms with van der Waals surface area (Å²) in [6.07, 6.45) is -0.491. The molecule has 0 aliphatic rings. The molecule has 0 heterocycles. The van der Waals surface area contributed by atoms with Gasteiger partial charge in [-0.1, -0.05) is 29.8 Å². The number of benzene rings is 1. The SMILES string of the molecule is CS(=O)(=O)OC(O)Cc1ccccc1Cl. The van der Waals surface area contributed by atoms with E-state index in [2.05, 4.69) is 4.18 Å². The van der Waals surface area contributed by atoms with E-state index >= 15 is 0 Å². The first-order chi connectivity index (χ1) is 6.88. The molecule has 1 N–H and O–H groups in total. The van der Waals surface area contributed by atoms with Crippen molar-refractivity contribution in [2.75, 3.05) is 6.26 Å². The molecule has 0 saturated carbocycles. The molecule has 0 aliphatic carbocycles. The standard InChI is InChI=1S/C9H11ClO4S/c1-15(12,13)14-9(11)6-7-4-2-3-5-8(7)10/h2-5,9,11H,6H2,1H3. The third-order valence-electron chi connectivity index (χ3n) is 1.64. The molecule has 0 amide bonds. The van der Waals surface area contributed by atoms with Crippen LogP contribution in [0.15, 0.2) is 24.3 Å². The van der Waals surface area contributed by atoms with Crippen LogP contribution in [0.1, 0.15) is 5.56 Å². The third-order valence-corrected chi connectivity index (χ3v) is 2.58. The fourth-order valence-corrected chi connectivity index (χ4v) is 1.77. The number of halogens is 1. The maximum atomic E-state index is 10.7. The highest BCUT2D eigenvalue weighted by Gasteiger charge is 2.13. The predicted molar refractivity (Wildman–Crippen MR) is 57.1 cm³/mol. The zero-order valence-electron chi connectivity index (χ0n) is 8.05. The van der Waals surface area contributed by atoms with Gasteiger partial charge in [-0.3, -0.25) is 0 Å². The molecule has 1 rings (SSSR count). The van der Waals surface area contributed by atoms with Crippen molar-refractivity contribution in [3.05, 3.63) is 34.9 Å². The molecule has 0 aliphatic heterocycles. The molecule has 1 unspecified atom stereocenters. The summed E-state index contributed by atoms with van der Waals surface area (Å²) in [6.45, 7) is 0. The van der Waals surface area contributed by atoms with Crippen LogP contribution in [0.5, 0.6) is 0 Å². The van der Waals surface area contributed by atoms with Gasteiger partial charge in [0.25, 0.3) is 10.1 Å². The van der Waals surface area contributed by atoms with Crippen LogP contribution >= 0.6 is 11.6 Å². The number of aliphatic hydroxyl groups excluding tert-OH is 1. The van der Waals surface area contributed by atoms with Crippen molar-refractivity contribution >= 4 is 21.7 Å². The number of rotatable bonds is 4. The first-order valence-electron chi connectivity index (χ1n) is 4.18. The quantitative estimate of drug-likeness (QED) is 0.644. The van der Waals surface area contributed by atoms with Gasteiger partial charge in [-0.05, 0) is 11.6 Å². The van der Waals surface area contributed by atoms with Crippen molar-refractivity contribution in [2.24, 2.45) is 0 Å². The smallest absolute Gasteiger partial charge is 0.266 e. The number of hydrogen-bond donors (Lipinski definition) is 1. The summed E-state index contributed by atoms with van der Waals surface area (Å²) < 4.78 is 25.8. The Bertz CT molecular complexity index is 429. The van der Waals surface area contributed by atoms with Gasteiger partial charge < -0.3 is 5.11 Å². The van der Waals surface area contributed by atoms with E-state index in [0.717, 1.165) is 6.26 Å². The molecule has 15 heavy (non-hydrogen) atoms. The molecular formula is C9H11ClO4S. The molecule has 1 aromatic rings. The highest BCUT2D eigenvalue weighted by atomic mass is 35.5. The highest BCUT2D eigenvalue weighted by molar-refractivity contribution is 7.86. The van der Waals surface area contributed by atoms with Gasteiger partial charge in [-0.2, -0.15) is 8.42 Å². The summed E-state index contributed by atoms with van der Waals surface area (Å²) >= 11 is 5.82. The second-order valence-corrected chi connectivity index (χ2v) is 5.06. The molecule has 6 heteroatoms. The Morgan fingerprint density at radius 2 is 2.07 bits per heavy atom. The van der Waals surface area contributed by atoms with E-state index in [0.29, 0.717) is 10.6 Å². The Morgan fingerprint density at radius 1 is 1.47 bits per heavy atom. The van der Waals surface area contributed by atoms with Crippen molar-refractivity contribution in [3.63, 3.8) is 0 Å². The molecule has 0 radical (unpaired) electrons. The van der Waals surface area contributed by atoms with Crippen molar-refractivity contribution in [2.45, 2.75) is 12.7 Å².